The van der Waals surface area contributed by atoms with Gasteiger partial charge in [0, 0.05) is 18.9 Å². The van der Waals surface area contributed by atoms with Gasteiger partial charge in [-0.05, 0) is 23.8 Å². The number of aromatic nitrogens is 6. The second-order valence-electron chi connectivity index (χ2n) is 5.02. The van der Waals surface area contributed by atoms with E-state index in [9.17, 15) is 4.79 Å². The first-order valence-electron chi connectivity index (χ1n) is 7.06. The molecule has 23 heavy (non-hydrogen) atoms. The molecule has 8 heteroatoms. The molecule has 0 fully saturated rings. The first kappa shape index (κ1) is 13.3. The minimum Gasteiger partial charge on any atom is -0.352 e. The molecule has 3 heterocycles. The summed E-state index contributed by atoms with van der Waals surface area (Å²) in [6, 6.07) is 9.84. The van der Waals surface area contributed by atoms with Crippen LogP contribution in [0.3, 0.4) is 0 Å². The summed E-state index contributed by atoms with van der Waals surface area (Å²) in [5.41, 5.74) is 2.29. The van der Waals surface area contributed by atoms with E-state index in [2.05, 4.69) is 30.6 Å². The molecule has 0 saturated carbocycles. The molecule has 114 valence electrons. The molecular weight excluding hydrogens is 294 g/mol. The van der Waals surface area contributed by atoms with Gasteiger partial charge in [-0.1, -0.05) is 12.1 Å². The van der Waals surface area contributed by atoms with Gasteiger partial charge < -0.3 is 5.32 Å². The van der Waals surface area contributed by atoms with Gasteiger partial charge in [0.2, 0.25) is 5.95 Å². The smallest absolute Gasteiger partial charge is 0.263 e. The van der Waals surface area contributed by atoms with Crippen LogP contribution in [-0.4, -0.2) is 29.9 Å². The largest absolute Gasteiger partial charge is 0.352 e. The predicted octanol–water partition coefficient (Wildman–Crippen LogP) is 1.44. The first-order valence-corrected chi connectivity index (χ1v) is 7.06. The SMILES string of the molecule is O=c1[nH]c(NCc2ccc(-n3cccn3)cc2)nc2[nH]ncc12. The highest BCUT2D eigenvalue weighted by Gasteiger charge is 2.05. The van der Waals surface area contributed by atoms with Crippen molar-refractivity contribution in [3.05, 3.63) is 64.8 Å². The summed E-state index contributed by atoms with van der Waals surface area (Å²) >= 11 is 0. The van der Waals surface area contributed by atoms with Gasteiger partial charge in [-0.2, -0.15) is 15.2 Å². The fourth-order valence-electron chi connectivity index (χ4n) is 2.30. The number of benzene rings is 1. The number of aromatic amines is 2. The number of H-pyrrole nitrogens is 2. The molecule has 0 amide bonds. The van der Waals surface area contributed by atoms with Gasteiger partial charge >= 0.3 is 0 Å². The first-order chi connectivity index (χ1) is 11.3. The number of anilines is 1. The summed E-state index contributed by atoms with van der Waals surface area (Å²) in [4.78, 5) is 18.8. The maximum atomic E-state index is 11.8. The van der Waals surface area contributed by atoms with E-state index >= 15 is 0 Å². The summed E-state index contributed by atoms with van der Waals surface area (Å²) in [7, 11) is 0. The van der Waals surface area contributed by atoms with E-state index in [0.717, 1.165) is 11.3 Å². The highest BCUT2D eigenvalue weighted by atomic mass is 16.1. The number of fused-ring (bicyclic) bond motifs is 1. The van der Waals surface area contributed by atoms with Crippen LogP contribution in [0.4, 0.5) is 5.95 Å². The van der Waals surface area contributed by atoms with Crippen molar-refractivity contribution >= 4 is 17.0 Å². The van der Waals surface area contributed by atoms with Gasteiger partial charge in [-0.25, -0.2) is 4.68 Å². The standard InChI is InChI=1S/C15H13N7O/c23-14-12-9-17-21-13(12)19-15(20-14)16-8-10-2-4-11(5-3-10)22-7-1-6-18-22/h1-7,9H,8H2,(H3,16,17,19,20,21,23). The molecular formula is C15H13N7O. The molecule has 0 radical (unpaired) electrons. The van der Waals surface area contributed by atoms with Crippen molar-refractivity contribution in [1.29, 1.82) is 0 Å². The fourth-order valence-corrected chi connectivity index (χ4v) is 2.30. The maximum absolute atomic E-state index is 11.8. The van der Waals surface area contributed by atoms with Crippen LogP contribution in [0.15, 0.2) is 53.7 Å². The van der Waals surface area contributed by atoms with Crippen molar-refractivity contribution in [3.63, 3.8) is 0 Å². The van der Waals surface area contributed by atoms with Crippen molar-refractivity contribution in [2.75, 3.05) is 5.32 Å². The average molecular weight is 307 g/mol. The fraction of sp³-hybridized carbons (Fsp3) is 0.0667. The number of hydrogen-bond donors (Lipinski definition) is 3. The highest BCUT2D eigenvalue weighted by molar-refractivity contribution is 5.73. The van der Waals surface area contributed by atoms with Gasteiger partial charge in [0.1, 0.15) is 5.39 Å². The molecule has 0 aliphatic rings. The predicted molar refractivity (Wildman–Crippen MR) is 85.4 cm³/mol. The zero-order chi connectivity index (χ0) is 15.6. The molecule has 3 aromatic heterocycles. The zero-order valence-electron chi connectivity index (χ0n) is 12.0. The van der Waals surface area contributed by atoms with Gasteiger partial charge in [0.05, 0.1) is 11.9 Å². The van der Waals surface area contributed by atoms with Crippen LogP contribution in [0.25, 0.3) is 16.7 Å². The Balaban J connectivity index is 1.50. The van der Waals surface area contributed by atoms with E-state index in [4.69, 9.17) is 0 Å². The third-order valence-corrected chi connectivity index (χ3v) is 3.48. The third kappa shape index (κ3) is 2.57. The summed E-state index contributed by atoms with van der Waals surface area (Å²) in [6.07, 6.45) is 5.09. The van der Waals surface area contributed by atoms with Crippen LogP contribution >= 0.6 is 0 Å². The van der Waals surface area contributed by atoms with Crippen molar-refractivity contribution < 1.29 is 0 Å². The molecule has 0 bridgehead atoms. The van der Waals surface area contributed by atoms with Crippen LogP contribution in [0.2, 0.25) is 0 Å². The van der Waals surface area contributed by atoms with E-state index < -0.39 is 0 Å². The third-order valence-electron chi connectivity index (χ3n) is 3.48. The molecule has 0 atom stereocenters. The summed E-state index contributed by atoms with van der Waals surface area (Å²) in [5.74, 6) is 0.405. The molecule has 3 N–H and O–H groups in total. The highest BCUT2D eigenvalue weighted by Crippen LogP contribution is 2.10. The number of nitrogens with one attached hydrogen (secondary N) is 3. The summed E-state index contributed by atoms with van der Waals surface area (Å²) in [5, 5.41) is 14.2. The van der Waals surface area contributed by atoms with E-state index in [-0.39, 0.29) is 5.56 Å². The van der Waals surface area contributed by atoms with Crippen molar-refractivity contribution in [1.82, 2.24) is 29.9 Å². The van der Waals surface area contributed by atoms with Crippen molar-refractivity contribution in [2.45, 2.75) is 6.54 Å². The Morgan fingerprint density at radius 1 is 1.22 bits per heavy atom. The van der Waals surface area contributed by atoms with Crippen LogP contribution < -0.4 is 10.9 Å². The Morgan fingerprint density at radius 3 is 2.87 bits per heavy atom. The monoisotopic (exact) mass is 307 g/mol. The average Bonchev–Trinajstić information content (AvgIpc) is 3.25. The molecule has 0 aliphatic heterocycles. The summed E-state index contributed by atoms with van der Waals surface area (Å²) < 4.78 is 1.79. The molecule has 0 unspecified atom stereocenters. The number of rotatable bonds is 4. The molecule has 8 nitrogen and oxygen atoms in total. The minimum atomic E-state index is -0.222. The van der Waals surface area contributed by atoms with Crippen molar-refractivity contribution in [3.8, 4) is 5.69 Å². The lowest BCUT2D eigenvalue weighted by atomic mass is 10.2. The molecule has 0 saturated heterocycles. The van der Waals surface area contributed by atoms with Crippen LogP contribution in [0, 0.1) is 0 Å². The van der Waals surface area contributed by atoms with E-state index in [1.807, 2.05) is 36.5 Å². The summed E-state index contributed by atoms with van der Waals surface area (Å²) in [6.45, 7) is 0.544. The second kappa shape index (κ2) is 5.41. The Bertz CT molecular complexity index is 983. The van der Waals surface area contributed by atoms with Crippen LogP contribution in [-0.2, 0) is 6.54 Å². The quantitative estimate of drug-likeness (QED) is 0.529. The maximum Gasteiger partial charge on any atom is 0.263 e. The Kier molecular flexibility index (Phi) is 3.12. The van der Waals surface area contributed by atoms with Crippen LogP contribution in [0.1, 0.15) is 5.56 Å². The number of hydrogen-bond acceptors (Lipinski definition) is 5. The molecule has 4 rings (SSSR count). The lowest BCUT2D eigenvalue weighted by Gasteiger charge is -2.07. The molecule has 1 aromatic carbocycles. The second-order valence-corrected chi connectivity index (χ2v) is 5.02. The van der Waals surface area contributed by atoms with Gasteiger partial charge in [0.15, 0.2) is 5.65 Å². The van der Waals surface area contributed by atoms with E-state index in [0.29, 0.717) is 23.5 Å². The van der Waals surface area contributed by atoms with Gasteiger partial charge in [0.25, 0.3) is 5.56 Å². The van der Waals surface area contributed by atoms with Crippen molar-refractivity contribution in [2.24, 2.45) is 0 Å². The topological polar surface area (TPSA) is 104 Å². The Hall–Kier alpha value is -3.42. The lowest BCUT2D eigenvalue weighted by Crippen LogP contribution is -2.12. The Morgan fingerprint density at radius 2 is 2.09 bits per heavy atom. The number of nitrogens with zero attached hydrogens (tertiary/aromatic N) is 4. The Labute approximate surface area is 130 Å². The molecule has 0 spiro atoms. The van der Waals surface area contributed by atoms with E-state index in [1.165, 1.54) is 6.20 Å². The normalized spacial score (nSPS) is 11.0. The van der Waals surface area contributed by atoms with E-state index in [1.54, 1.807) is 10.9 Å². The zero-order valence-corrected chi connectivity index (χ0v) is 12.0. The minimum absolute atomic E-state index is 0.222. The van der Waals surface area contributed by atoms with Crippen LogP contribution in [0.5, 0.6) is 0 Å². The lowest BCUT2D eigenvalue weighted by molar-refractivity contribution is 0.879. The molecule has 4 aromatic rings. The molecule has 0 aliphatic carbocycles. The van der Waals surface area contributed by atoms with Gasteiger partial charge in [-0.3, -0.25) is 14.9 Å². The van der Waals surface area contributed by atoms with Gasteiger partial charge in [-0.15, -0.1) is 0 Å².